The topological polar surface area (TPSA) is 68.0 Å². The molecular weight excluding hydrogens is 206 g/mol. The Morgan fingerprint density at radius 2 is 2.12 bits per heavy atom. The van der Waals surface area contributed by atoms with E-state index < -0.39 is 5.97 Å². The maximum atomic E-state index is 10.9. The predicted octanol–water partition coefficient (Wildman–Crippen LogP) is 1.58. The average molecular weight is 217 g/mol. The average Bonchev–Trinajstić information content (AvgIpc) is 2.60. The number of pyridine rings is 1. The molecule has 0 saturated carbocycles. The van der Waals surface area contributed by atoms with Gasteiger partial charge in [-0.25, -0.2) is 14.5 Å². The van der Waals surface area contributed by atoms with Crippen molar-refractivity contribution in [2.24, 2.45) is 0 Å². The maximum Gasteiger partial charge on any atom is 0.339 e. The summed E-state index contributed by atoms with van der Waals surface area (Å²) in [6.07, 6.45) is 1.34. The third kappa shape index (κ3) is 1.67. The number of rotatable bonds is 2. The van der Waals surface area contributed by atoms with Crippen LogP contribution in [0.25, 0.3) is 5.82 Å². The van der Waals surface area contributed by atoms with Crippen LogP contribution in [-0.4, -0.2) is 25.8 Å². The summed E-state index contributed by atoms with van der Waals surface area (Å²) in [5.74, 6) is -0.346. The monoisotopic (exact) mass is 217 g/mol. The number of aromatic carboxylic acids is 1. The molecule has 0 fully saturated rings. The third-order valence-corrected chi connectivity index (χ3v) is 2.33. The van der Waals surface area contributed by atoms with Gasteiger partial charge in [-0.05, 0) is 26.0 Å². The highest BCUT2D eigenvalue weighted by Crippen LogP contribution is 2.12. The van der Waals surface area contributed by atoms with E-state index in [0.29, 0.717) is 11.5 Å². The van der Waals surface area contributed by atoms with Crippen molar-refractivity contribution >= 4 is 5.97 Å². The molecule has 2 aromatic rings. The van der Waals surface area contributed by atoms with Crippen LogP contribution in [0.2, 0.25) is 0 Å². The van der Waals surface area contributed by atoms with E-state index in [4.69, 9.17) is 5.11 Å². The summed E-state index contributed by atoms with van der Waals surface area (Å²) in [5, 5.41) is 12.9. The zero-order chi connectivity index (χ0) is 11.7. The van der Waals surface area contributed by atoms with Gasteiger partial charge in [0.05, 0.1) is 11.9 Å². The number of aromatic nitrogens is 3. The highest BCUT2D eigenvalue weighted by molar-refractivity contribution is 5.88. The van der Waals surface area contributed by atoms with Crippen molar-refractivity contribution in [1.29, 1.82) is 0 Å². The van der Waals surface area contributed by atoms with Crippen LogP contribution >= 0.6 is 0 Å². The van der Waals surface area contributed by atoms with Gasteiger partial charge < -0.3 is 5.11 Å². The molecule has 16 heavy (non-hydrogen) atoms. The first kappa shape index (κ1) is 10.4. The first-order valence-electron chi connectivity index (χ1n) is 4.81. The summed E-state index contributed by atoms with van der Waals surface area (Å²) < 4.78 is 1.52. The van der Waals surface area contributed by atoms with E-state index >= 15 is 0 Å². The summed E-state index contributed by atoms with van der Waals surface area (Å²) in [6.45, 7) is 3.58. The van der Waals surface area contributed by atoms with Crippen LogP contribution in [0.15, 0.2) is 24.4 Å². The number of carboxylic acid groups (broad SMARTS) is 1. The molecule has 0 radical (unpaired) electrons. The van der Waals surface area contributed by atoms with Crippen molar-refractivity contribution in [3.05, 3.63) is 41.3 Å². The van der Waals surface area contributed by atoms with Crippen molar-refractivity contribution in [2.45, 2.75) is 13.8 Å². The van der Waals surface area contributed by atoms with Gasteiger partial charge in [-0.15, -0.1) is 0 Å². The Labute approximate surface area is 92.4 Å². The minimum Gasteiger partial charge on any atom is -0.478 e. The van der Waals surface area contributed by atoms with Crippen molar-refractivity contribution < 1.29 is 9.90 Å². The van der Waals surface area contributed by atoms with Gasteiger partial charge in [0.15, 0.2) is 5.82 Å². The van der Waals surface area contributed by atoms with Crippen molar-refractivity contribution in [3.63, 3.8) is 0 Å². The van der Waals surface area contributed by atoms with Crippen LogP contribution < -0.4 is 0 Å². The van der Waals surface area contributed by atoms with E-state index in [-0.39, 0.29) is 5.56 Å². The van der Waals surface area contributed by atoms with E-state index in [1.807, 2.05) is 19.1 Å². The summed E-state index contributed by atoms with van der Waals surface area (Å²) in [4.78, 5) is 15.1. The van der Waals surface area contributed by atoms with Crippen molar-refractivity contribution in [3.8, 4) is 5.82 Å². The van der Waals surface area contributed by atoms with Crippen LogP contribution in [0, 0.1) is 13.8 Å². The molecule has 0 spiro atoms. The standard InChI is InChI=1S/C11H11N3O2/c1-7-4-3-5-10(13-7)14-8(2)9(6-12-14)11(15)16/h3-6H,1-2H3,(H,15,16). The Morgan fingerprint density at radius 1 is 1.38 bits per heavy atom. The van der Waals surface area contributed by atoms with Gasteiger partial charge in [-0.2, -0.15) is 5.10 Å². The van der Waals surface area contributed by atoms with E-state index in [1.54, 1.807) is 13.0 Å². The van der Waals surface area contributed by atoms with Crippen molar-refractivity contribution in [1.82, 2.24) is 14.8 Å². The molecule has 2 heterocycles. The quantitative estimate of drug-likeness (QED) is 0.829. The third-order valence-electron chi connectivity index (χ3n) is 2.33. The lowest BCUT2D eigenvalue weighted by Crippen LogP contribution is -2.04. The van der Waals surface area contributed by atoms with Gasteiger partial charge >= 0.3 is 5.97 Å². The molecule has 5 nitrogen and oxygen atoms in total. The van der Waals surface area contributed by atoms with Crippen LogP contribution in [0.1, 0.15) is 21.7 Å². The van der Waals surface area contributed by atoms with Gasteiger partial charge in [0.1, 0.15) is 5.56 Å². The Morgan fingerprint density at radius 3 is 2.69 bits per heavy atom. The summed E-state index contributed by atoms with van der Waals surface area (Å²) in [6, 6.07) is 5.53. The lowest BCUT2D eigenvalue weighted by molar-refractivity contribution is 0.0696. The Kier molecular flexibility index (Phi) is 2.44. The second-order valence-corrected chi connectivity index (χ2v) is 3.50. The van der Waals surface area contributed by atoms with E-state index in [2.05, 4.69) is 10.1 Å². The zero-order valence-electron chi connectivity index (χ0n) is 9.01. The number of aryl methyl sites for hydroxylation is 1. The predicted molar refractivity (Wildman–Crippen MR) is 57.8 cm³/mol. The summed E-state index contributed by atoms with van der Waals surface area (Å²) >= 11 is 0. The second-order valence-electron chi connectivity index (χ2n) is 3.50. The Bertz CT molecular complexity index is 546. The maximum absolute atomic E-state index is 10.9. The molecule has 0 unspecified atom stereocenters. The number of carbonyl (C=O) groups is 1. The van der Waals surface area contributed by atoms with Crippen molar-refractivity contribution in [2.75, 3.05) is 0 Å². The van der Waals surface area contributed by atoms with E-state index in [0.717, 1.165) is 5.69 Å². The molecule has 0 atom stereocenters. The molecule has 0 saturated heterocycles. The molecule has 5 heteroatoms. The largest absolute Gasteiger partial charge is 0.478 e. The molecule has 2 rings (SSSR count). The fourth-order valence-corrected chi connectivity index (χ4v) is 1.50. The Balaban J connectivity index is 2.53. The number of hydrogen-bond acceptors (Lipinski definition) is 3. The lowest BCUT2D eigenvalue weighted by atomic mass is 10.2. The first-order valence-corrected chi connectivity index (χ1v) is 4.81. The highest BCUT2D eigenvalue weighted by atomic mass is 16.4. The van der Waals surface area contributed by atoms with E-state index in [9.17, 15) is 4.79 Å². The first-order chi connectivity index (χ1) is 7.59. The second kappa shape index (κ2) is 3.77. The molecular formula is C11H11N3O2. The van der Waals surface area contributed by atoms with E-state index in [1.165, 1.54) is 10.9 Å². The lowest BCUT2D eigenvalue weighted by Gasteiger charge is -2.03. The van der Waals surface area contributed by atoms with Gasteiger partial charge in [-0.3, -0.25) is 0 Å². The van der Waals surface area contributed by atoms with Crippen LogP contribution in [0.4, 0.5) is 0 Å². The fourth-order valence-electron chi connectivity index (χ4n) is 1.50. The number of hydrogen-bond donors (Lipinski definition) is 1. The Hall–Kier alpha value is -2.17. The van der Waals surface area contributed by atoms with Gasteiger partial charge in [-0.1, -0.05) is 6.07 Å². The van der Waals surface area contributed by atoms with Gasteiger partial charge in [0.2, 0.25) is 0 Å². The smallest absolute Gasteiger partial charge is 0.339 e. The molecule has 0 aliphatic heterocycles. The highest BCUT2D eigenvalue weighted by Gasteiger charge is 2.14. The molecule has 0 aliphatic rings. The molecule has 2 aromatic heterocycles. The molecule has 1 N–H and O–H groups in total. The SMILES string of the molecule is Cc1cccc(-n2ncc(C(=O)O)c2C)n1. The summed E-state index contributed by atoms with van der Waals surface area (Å²) in [5.41, 5.74) is 1.64. The van der Waals surface area contributed by atoms with Crippen LogP contribution in [0.5, 0.6) is 0 Å². The van der Waals surface area contributed by atoms with Crippen LogP contribution in [0.3, 0.4) is 0 Å². The molecule has 0 amide bonds. The zero-order valence-corrected chi connectivity index (χ0v) is 9.01. The van der Waals surface area contributed by atoms with Crippen LogP contribution in [-0.2, 0) is 0 Å². The number of nitrogens with zero attached hydrogens (tertiary/aromatic N) is 3. The van der Waals surface area contributed by atoms with Gasteiger partial charge in [0.25, 0.3) is 0 Å². The molecule has 0 aliphatic carbocycles. The van der Waals surface area contributed by atoms with Gasteiger partial charge in [0, 0.05) is 5.69 Å². The molecule has 0 aromatic carbocycles. The molecule has 82 valence electrons. The normalized spacial score (nSPS) is 10.4. The number of carboxylic acids is 1. The fraction of sp³-hybridized carbons (Fsp3) is 0.182. The minimum atomic E-state index is -0.976. The summed E-state index contributed by atoms with van der Waals surface area (Å²) in [7, 11) is 0. The molecule has 0 bridgehead atoms. The minimum absolute atomic E-state index is 0.198.